The first-order valence-electron chi connectivity index (χ1n) is 6.43. The number of aryl methyl sites for hydroxylation is 1. The van der Waals surface area contributed by atoms with E-state index < -0.39 is 0 Å². The van der Waals surface area contributed by atoms with E-state index in [-0.39, 0.29) is 11.8 Å². The summed E-state index contributed by atoms with van der Waals surface area (Å²) in [5.41, 5.74) is 6.98. The Labute approximate surface area is 114 Å². The third kappa shape index (κ3) is 4.10. The van der Waals surface area contributed by atoms with Gasteiger partial charge < -0.3 is 10.6 Å². The van der Waals surface area contributed by atoms with Crippen LogP contribution in [0.2, 0.25) is 0 Å². The molecule has 102 valence electrons. The quantitative estimate of drug-likeness (QED) is 0.862. The fourth-order valence-corrected chi connectivity index (χ4v) is 3.00. The van der Waals surface area contributed by atoms with Crippen molar-refractivity contribution in [2.24, 2.45) is 17.6 Å². The summed E-state index contributed by atoms with van der Waals surface area (Å²) in [7, 11) is 1.87. The smallest absolute Gasteiger partial charge is 0.227 e. The van der Waals surface area contributed by atoms with Crippen LogP contribution in [0.3, 0.4) is 0 Å². The van der Waals surface area contributed by atoms with Crippen LogP contribution in [0.1, 0.15) is 30.7 Å². The van der Waals surface area contributed by atoms with Crippen LogP contribution in [0, 0.1) is 18.8 Å². The molecular formula is C14H24N2OS. The first kappa shape index (κ1) is 15.2. The normalized spacial score (nSPS) is 12.8. The van der Waals surface area contributed by atoms with Crippen LogP contribution < -0.4 is 5.73 Å². The molecule has 1 amide bonds. The first-order valence-corrected chi connectivity index (χ1v) is 7.31. The van der Waals surface area contributed by atoms with Crippen LogP contribution in [-0.4, -0.2) is 24.4 Å². The minimum atomic E-state index is -0.0460. The number of thiophene rings is 1. The van der Waals surface area contributed by atoms with Gasteiger partial charge >= 0.3 is 0 Å². The van der Waals surface area contributed by atoms with Crippen LogP contribution in [0.5, 0.6) is 0 Å². The number of hydrogen-bond donors (Lipinski definition) is 1. The number of rotatable bonds is 6. The van der Waals surface area contributed by atoms with E-state index in [0.717, 1.165) is 6.42 Å². The molecule has 1 aromatic heterocycles. The molecule has 1 atom stereocenters. The average molecular weight is 268 g/mol. The van der Waals surface area contributed by atoms with Gasteiger partial charge in [-0.15, -0.1) is 11.3 Å². The van der Waals surface area contributed by atoms with Crippen LogP contribution in [0.15, 0.2) is 11.4 Å². The maximum atomic E-state index is 12.3. The molecule has 4 heteroatoms. The molecule has 3 nitrogen and oxygen atoms in total. The van der Waals surface area contributed by atoms with Gasteiger partial charge in [-0.05, 0) is 36.3 Å². The molecule has 1 heterocycles. The van der Waals surface area contributed by atoms with Gasteiger partial charge in [-0.3, -0.25) is 4.79 Å². The van der Waals surface area contributed by atoms with E-state index in [4.69, 9.17) is 5.73 Å². The monoisotopic (exact) mass is 268 g/mol. The van der Waals surface area contributed by atoms with Gasteiger partial charge in [0.25, 0.3) is 0 Å². The van der Waals surface area contributed by atoms with E-state index in [1.54, 1.807) is 16.2 Å². The van der Waals surface area contributed by atoms with E-state index in [0.29, 0.717) is 19.0 Å². The Kier molecular flexibility index (Phi) is 5.82. The molecular weight excluding hydrogens is 244 g/mol. The predicted octanol–water partition coefficient (Wildman–Crippen LogP) is 2.64. The zero-order valence-corrected chi connectivity index (χ0v) is 12.6. The standard InChI is InChI=1S/C14H24N2OS/c1-10(2)7-12(8-15)14(17)16(4)9-13-11(3)5-6-18-13/h5-6,10,12H,7-9,15H2,1-4H3. The maximum absolute atomic E-state index is 12.3. The van der Waals surface area contributed by atoms with Crippen molar-refractivity contribution in [2.75, 3.05) is 13.6 Å². The minimum absolute atomic E-state index is 0.0460. The van der Waals surface area contributed by atoms with E-state index >= 15 is 0 Å². The third-order valence-corrected chi connectivity index (χ3v) is 4.12. The SMILES string of the molecule is Cc1ccsc1CN(C)C(=O)C(CN)CC(C)C. The summed E-state index contributed by atoms with van der Waals surface area (Å²) < 4.78 is 0. The molecule has 2 N–H and O–H groups in total. The summed E-state index contributed by atoms with van der Waals surface area (Å²) in [6, 6.07) is 2.09. The number of carbonyl (C=O) groups is 1. The van der Waals surface area contributed by atoms with Gasteiger partial charge in [0.05, 0.1) is 12.5 Å². The van der Waals surface area contributed by atoms with Crippen molar-refractivity contribution in [1.29, 1.82) is 0 Å². The van der Waals surface area contributed by atoms with Gasteiger partial charge in [-0.2, -0.15) is 0 Å². The highest BCUT2D eigenvalue weighted by molar-refractivity contribution is 7.10. The van der Waals surface area contributed by atoms with Crippen molar-refractivity contribution in [2.45, 2.75) is 33.7 Å². The van der Waals surface area contributed by atoms with Gasteiger partial charge in [-0.25, -0.2) is 0 Å². The van der Waals surface area contributed by atoms with Crippen molar-refractivity contribution in [3.63, 3.8) is 0 Å². The molecule has 18 heavy (non-hydrogen) atoms. The van der Waals surface area contributed by atoms with Gasteiger partial charge in [0, 0.05) is 18.5 Å². The number of nitrogens with zero attached hydrogens (tertiary/aromatic N) is 1. The number of carbonyl (C=O) groups excluding carboxylic acids is 1. The van der Waals surface area contributed by atoms with E-state index in [1.165, 1.54) is 10.4 Å². The fourth-order valence-electron chi connectivity index (χ4n) is 2.04. The van der Waals surface area contributed by atoms with Crippen molar-refractivity contribution >= 4 is 17.2 Å². The number of hydrogen-bond acceptors (Lipinski definition) is 3. The topological polar surface area (TPSA) is 46.3 Å². The lowest BCUT2D eigenvalue weighted by Crippen LogP contribution is -2.36. The average Bonchev–Trinajstić information content (AvgIpc) is 2.70. The molecule has 0 saturated carbocycles. The summed E-state index contributed by atoms with van der Waals surface area (Å²) in [6.07, 6.45) is 0.864. The summed E-state index contributed by atoms with van der Waals surface area (Å²) >= 11 is 1.70. The van der Waals surface area contributed by atoms with Gasteiger partial charge in [0.1, 0.15) is 0 Å². The minimum Gasteiger partial charge on any atom is -0.340 e. The van der Waals surface area contributed by atoms with Gasteiger partial charge in [0.15, 0.2) is 0 Å². The number of amides is 1. The summed E-state index contributed by atoms with van der Waals surface area (Å²) in [5.74, 6) is 0.619. The number of nitrogens with two attached hydrogens (primary N) is 1. The Morgan fingerprint density at radius 1 is 1.50 bits per heavy atom. The molecule has 0 aromatic carbocycles. The second-order valence-electron chi connectivity index (χ2n) is 5.28. The van der Waals surface area contributed by atoms with Gasteiger partial charge in [0.2, 0.25) is 5.91 Å². The third-order valence-electron chi connectivity index (χ3n) is 3.11. The first-order chi connectivity index (χ1) is 8.45. The zero-order chi connectivity index (χ0) is 13.7. The zero-order valence-electron chi connectivity index (χ0n) is 11.8. The Bertz CT molecular complexity index is 387. The Balaban J connectivity index is 2.62. The van der Waals surface area contributed by atoms with Crippen LogP contribution in [0.25, 0.3) is 0 Å². The highest BCUT2D eigenvalue weighted by Crippen LogP contribution is 2.19. The molecule has 0 radical (unpaired) electrons. The van der Waals surface area contributed by atoms with E-state index in [1.807, 2.05) is 7.05 Å². The van der Waals surface area contributed by atoms with Crippen molar-refractivity contribution in [3.8, 4) is 0 Å². The molecule has 1 rings (SSSR count). The molecule has 0 aliphatic heterocycles. The molecule has 0 bridgehead atoms. The largest absolute Gasteiger partial charge is 0.340 e. The predicted molar refractivity (Wildman–Crippen MR) is 77.5 cm³/mol. The van der Waals surface area contributed by atoms with E-state index in [2.05, 4.69) is 32.2 Å². The Hall–Kier alpha value is -0.870. The van der Waals surface area contributed by atoms with E-state index in [9.17, 15) is 4.79 Å². The second-order valence-corrected chi connectivity index (χ2v) is 6.28. The van der Waals surface area contributed by atoms with Crippen LogP contribution in [0.4, 0.5) is 0 Å². The highest BCUT2D eigenvalue weighted by atomic mass is 32.1. The maximum Gasteiger partial charge on any atom is 0.227 e. The highest BCUT2D eigenvalue weighted by Gasteiger charge is 2.22. The molecule has 0 aliphatic carbocycles. The van der Waals surface area contributed by atoms with Crippen molar-refractivity contribution in [1.82, 2.24) is 4.90 Å². The summed E-state index contributed by atoms with van der Waals surface area (Å²) in [4.78, 5) is 15.4. The molecule has 0 aliphatic rings. The van der Waals surface area contributed by atoms with Crippen LogP contribution >= 0.6 is 11.3 Å². The van der Waals surface area contributed by atoms with Crippen LogP contribution in [-0.2, 0) is 11.3 Å². The van der Waals surface area contributed by atoms with Crippen molar-refractivity contribution in [3.05, 3.63) is 21.9 Å². The second kappa shape index (κ2) is 6.90. The van der Waals surface area contributed by atoms with Crippen molar-refractivity contribution < 1.29 is 4.79 Å². The summed E-state index contributed by atoms with van der Waals surface area (Å²) in [6.45, 7) is 7.46. The molecule has 0 saturated heterocycles. The molecule has 1 unspecified atom stereocenters. The Morgan fingerprint density at radius 3 is 2.61 bits per heavy atom. The molecule has 1 aromatic rings. The lowest BCUT2D eigenvalue weighted by molar-refractivity contribution is -0.134. The molecule has 0 spiro atoms. The Morgan fingerprint density at radius 2 is 2.17 bits per heavy atom. The fraction of sp³-hybridized carbons (Fsp3) is 0.643. The van der Waals surface area contributed by atoms with Gasteiger partial charge in [-0.1, -0.05) is 13.8 Å². The lowest BCUT2D eigenvalue weighted by Gasteiger charge is -2.24. The lowest BCUT2D eigenvalue weighted by atomic mass is 9.96. The summed E-state index contributed by atoms with van der Waals surface area (Å²) in [5, 5.41) is 2.07. The molecule has 0 fully saturated rings.